The van der Waals surface area contributed by atoms with Crippen molar-refractivity contribution in [2.75, 3.05) is 14.2 Å². The number of hydrogen-bond donors (Lipinski definition) is 1. The standard InChI is InChI=1S/C22H21ClFN3O4S/c1-30-21(28)12-4-3-11(9-12)17-16(22(29)31-2)18(14-6-5-13(24)10-15(14)23)27-19(26-17)20-25-7-8-32-20/h5-8,10-12,18H,3-4,9H2,1-2H3,(H,26,27). The zero-order valence-corrected chi connectivity index (χ0v) is 19.0. The molecule has 10 heteroatoms. The number of nitrogens with one attached hydrogen (secondary N) is 1. The number of hydrogen-bond acceptors (Lipinski definition) is 8. The molecule has 2 aliphatic rings. The first-order valence-electron chi connectivity index (χ1n) is 10.0. The van der Waals surface area contributed by atoms with Crippen LogP contribution in [0.2, 0.25) is 5.02 Å². The maximum Gasteiger partial charge on any atom is 0.338 e. The number of thiazole rings is 1. The second kappa shape index (κ2) is 9.38. The van der Waals surface area contributed by atoms with Gasteiger partial charge in [-0.1, -0.05) is 17.7 Å². The number of aliphatic imine (C=N–C) groups is 1. The lowest BCUT2D eigenvalue weighted by Gasteiger charge is -2.30. The van der Waals surface area contributed by atoms with Crippen molar-refractivity contribution >= 4 is 40.7 Å². The predicted octanol–water partition coefficient (Wildman–Crippen LogP) is 4.04. The second-order valence-electron chi connectivity index (χ2n) is 7.56. The highest BCUT2D eigenvalue weighted by atomic mass is 35.5. The zero-order chi connectivity index (χ0) is 22.8. The minimum atomic E-state index is -0.817. The lowest BCUT2D eigenvalue weighted by molar-refractivity contribution is -0.145. The Morgan fingerprint density at radius 2 is 2.06 bits per heavy atom. The molecule has 32 heavy (non-hydrogen) atoms. The molecule has 1 N–H and O–H groups in total. The number of esters is 2. The fourth-order valence-electron chi connectivity index (χ4n) is 4.24. The smallest absolute Gasteiger partial charge is 0.338 e. The van der Waals surface area contributed by atoms with E-state index in [9.17, 15) is 14.0 Å². The molecule has 1 fully saturated rings. The van der Waals surface area contributed by atoms with Gasteiger partial charge < -0.3 is 14.8 Å². The number of rotatable bonds is 5. The van der Waals surface area contributed by atoms with Crippen molar-refractivity contribution in [1.82, 2.24) is 10.3 Å². The van der Waals surface area contributed by atoms with Gasteiger partial charge in [0.05, 0.1) is 25.7 Å². The zero-order valence-electron chi connectivity index (χ0n) is 17.4. The van der Waals surface area contributed by atoms with E-state index < -0.39 is 17.8 Å². The van der Waals surface area contributed by atoms with Crippen molar-refractivity contribution in [1.29, 1.82) is 0 Å². The normalized spacial score (nSPS) is 22.9. The average molecular weight is 478 g/mol. The molecular weight excluding hydrogens is 457 g/mol. The van der Waals surface area contributed by atoms with Gasteiger partial charge in [-0.25, -0.2) is 14.2 Å². The number of methoxy groups -OCH3 is 2. The number of benzene rings is 1. The van der Waals surface area contributed by atoms with E-state index in [-0.39, 0.29) is 28.4 Å². The number of carbonyl (C=O) groups excluding carboxylic acids is 2. The molecule has 1 saturated carbocycles. The Kier molecular flexibility index (Phi) is 6.57. The SMILES string of the molecule is COC(=O)C1=C(C2CCC(C(=O)OC)C2)NC(c2nccs2)=NC1c1ccc(F)cc1Cl. The van der Waals surface area contributed by atoms with Crippen molar-refractivity contribution in [3.63, 3.8) is 0 Å². The quantitative estimate of drug-likeness (QED) is 0.653. The molecule has 0 spiro atoms. The Balaban J connectivity index is 1.84. The summed E-state index contributed by atoms with van der Waals surface area (Å²) in [6.45, 7) is 0. The first-order valence-corrected chi connectivity index (χ1v) is 11.3. The number of nitrogens with zero attached hydrogens (tertiary/aromatic N) is 2. The van der Waals surface area contributed by atoms with E-state index >= 15 is 0 Å². The lowest BCUT2D eigenvalue weighted by Crippen LogP contribution is -2.36. The molecule has 0 amide bonds. The minimum absolute atomic E-state index is 0.125. The van der Waals surface area contributed by atoms with Gasteiger partial charge in [0.25, 0.3) is 0 Å². The van der Waals surface area contributed by atoms with Crippen LogP contribution in [0, 0.1) is 17.7 Å². The van der Waals surface area contributed by atoms with Crippen molar-refractivity contribution in [2.45, 2.75) is 25.3 Å². The fraction of sp³-hybridized carbons (Fsp3) is 0.364. The Morgan fingerprint density at radius 3 is 2.72 bits per heavy atom. The van der Waals surface area contributed by atoms with E-state index in [0.29, 0.717) is 41.4 Å². The van der Waals surface area contributed by atoms with Gasteiger partial charge in [0, 0.05) is 33.8 Å². The molecule has 0 saturated heterocycles. The first-order chi connectivity index (χ1) is 15.4. The molecule has 0 radical (unpaired) electrons. The Hall–Kier alpha value is -2.78. The van der Waals surface area contributed by atoms with Gasteiger partial charge in [0.1, 0.15) is 11.9 Å². The topological polar surface area (TPSA) is 89.9 Å². The summed E-state index contributed by atoms with van der Waals surface area (Å²) < 4.78 is 23.7. The van der Waals surface area contributed by atoms with Crippen LogP contribution in [0.3, 0.4) is 0 Å². The molecule has 0 bridgehead atoms. The maximum atomic E-state index is 13.7. The number of allylic oxidation sites excluding steroid dienone is 1. The second-order valence-corrected chi connectivity index (χ2v) is 8.86. The summed E-state index contributed by atoms with van der Waals surface area (Å²) in [5.74, 6) is -1.22. The van der Waals surface area contributed by atoms with Gasteiger partial charge in [0.15, 0.2) is 10.8 Å². The first kappa shape index (κ1) is 22.4. The van der Waals surface area contributed by atoms with Crippen molar-refractivity contribution in [3.05, 3.63) is 62.5 Å². The van der Waals surface area contributed by atoms with E-state index in [1.54, 1.807) is 6.20 Å². The Morgan fingerprint density at radius 1 is 1.25 bits per heavy atom. The Labute approximate surface area is 193 Å². The van der Waals surface area contributed by atoms with Crippen LogP contribution in [0.25, 0.3) is 0 Å². The van der Waals surface area contributed by atoms with Crippen LogP contribution in [0.1, 0.15) is 35.9 Å². The fourth-order valence-corrected chi connectivity index (χ4v) is 5.10. The molecule has 2 heterocycles. The molecule has 1 aliphatic heterocycles. The lowest BCUT2D eigenvalue weighted by atomic mass is 9.89. The molecule has 168 valence electrons. The summed E-state index contributed by atoms with van der Waals surface area (Å²) in [6, 6.07) is 3.17. The van der Waals surface area contributed by atoms with Crippen LogP contribution in [0.5, 0.6) is 0 Å². The summed E-state index contributed by atoms with van der Waals surface area (Å²) in [7, 11) is 2.66. The molecule has 3 atom stereocenters. The summed E-state index contributed by atoms with van der Waals surface area (Å²) in [5.41, 5.74) is 1.38. The van der Waals surface area contributed by atoms with E-state index in [2.05, 4.69) is 10.3 Å². The molecule has 2 aromatic rings. The molecule has 1 aliphatic carbocycles. The highest BCUT2D eigenvalue weighted by Crippen LogP contribution is 2.43. The summed E-state index contributed by atoms with van der Waals surface area (Å²) in [6.07, 6.45) is 3.50. The molecule has 4 rings (SSSR count). The van der Waals surface area contributed by atoms with Gasteiger partial charge in [-0.05, 0) is 31.4 Å². The van der Waals surface area contributed by atoms with Crippen molar-refractivity contribution < 1.29 is 23.5 Å². The van der Waals surface area contributed by atoms with Gasteiger partial charge in [-0.3, -0.25) is 9.79 Å². The largest absolute Gasteiger partial charge is 0.469 e. The van der Waals surface area contributed by atoms with E-state index in [1.807, 2.05) is 5.38 Å². The summed E-state index contributed by atoms with van der Waals surface area (Å²) >= 11 is 7.75. The van der Waals surface area contributed by atoms with Crippen LogP contribution in [0.4, 0.5) is 4.39 Å². The minimum Gasteiger partial charge on any atom is -0.469 e. The van der Waals surface area contributed by atoms with Crippen LogP contribution < -0.4 is 5.32 Å². The molecular formula is C22H21ClFN3O4S. The average Bonchev–Trinajstić information content (AvgIpc) is 3.50. The van der Waals surface area contributed by atoms with E-state index in [0.717, 1.165) is 0 Å². The van der Waals surface area contributed by atoms with Gasteiger partial charge in [0.2, 0.25) is 0 Å². The monoisotopic (exact) mass is 477 g/mol. The molecule has 1 aromatic heterocycles. The summed E-state index contributed by atoms with van der Waals surface area (Å²) in [5, 5.41) is 5.89. The third-order valence-corrected chi connectivity index (χ3v) is 6.85. The Bertz CT molecular complexity index is 1100. The third kappa shape index (κ3) is 4.27. The van der Waals surface area contributed by atoms with E-state index in [4.69, 9.17) is 26.1 Å². The highest BCUT2D eigenvalue weighted by molar-refractivity contribution is 7.11. The molecule has 1 aromatic carbocycles. The van der Waals surface area contributed by atoms with Gasteiger partial charge in [-0.15, -0.1) is 11.3 Å². The third-order valence-electron chi connectivity index (χ3n) is 5.75. The van der Waals surface area contributed by atoms with Crippen LogP contribution in [0.15, 0.2) is 46.0 Å². The summed E-state index contributed by atoms with van der Waals surface area (Å²) in [4.78, 5) is 34.1. The maximum absolute atomic E-state index is 13.7. The number of aromatic nitrogens is 1. The number of carbonyl (C=O) groups is 2. The van der Waals surface area contributed by atoms with Crippen LogP contribution >= 0.6 is 22.9 Å². The predicted molar refractivity (Wildman–Crippen MR) is 118 cm³/mol. The van der Waals surface area contributed by atoms with Gasteiger partial charge >= 0.3 is 11.9 Å². The van der Waals surface area contributed by atoms with Crippen molar-refractivity contribution in [3.8, 4) is 0 Å². The van der Waals surface area contributed by atoms with Gasteiger partial charge in [-0.2, -0.15) is 0 Å². The highest BCUT2D eigenvalue weighted by Gasteiger charge is 2.40. The number of amidine groups is 1. The van der Waals surface area contributed by atoms with Crippen molar-refractivity contribution in [2.24, 2.45) is 16.8 Å². The van der Waals surface area contributed by atoms with Crippen LogP contribution in [-0.4, -0.2) is 37.0 Å². The number of halogens is 2. The van der Waals surface area contributed by atoms with Crippen LogP contribution in [-0.2, 0) is 19.1 Å². The molecule has 7 nitrogen and oxygen atoms in total. The van der Waals surface area contributed by atoms with E-state index in [1.165, 1.54) is 43.8 Å². The molecule has 3 unspecified atom stereocenters. The number of ether oxygens (including phenoxy) is 2.